The molecule has 88 valence electrons. The second-order valence-electron chi connectivity index (χ2n) is 3.38. The smallest absolute Gasteiger partial charge is 0.336 e. The molecule has 0 unspecified atom stereocenters. The second kappa shape index (κ2) is 5.34. The van der Waals surface area contributed by atoms with Crippen LogP contribution in [0.4, 0.5) is 0 Å². The summed E-state index contributed by atoms with van der Waals surface area (Å²) in [5.74, 6) is -0.977. The molecule has 0 spiro atoms. The number of pyridine rings is 1. The van der Waals surface area contributed by atoms with E-state index in [9.17, 15) is 4.79 Å². The predicted octanol–water partition coefficient (Wildman–Crippen LogP) is 2.80. The molecule has 0 atom stereocenters. The van der Waals surface area contributed by atoms with E-state index >= 15 is 0 Å². The summed E-state index contributed by atoms with van der Waals surface area (Å²) in [6.45, 7) is 0. The van der Waals surface area contributed by atoms with Crippen LogP contribution in [0.15, 0.2) is 52.4 Å². The van der Waals surface area contributed by atoms with Crippen molar-refractivity contribution in [2.75, 3.05) is 0 Å². The molecule has 1 aromatic heterocycles. The van der Waals surface area contributed by atoms with Crippen molar-refractivity contribution >= 4 is 17.7 Å². The maximum absolute atomic E-state index is 11.0. The number of nitriles is 1. The molecule has 2 rings (SSSR count). The first-order valence-electron chi connectivity index (χ1n) is 5.08. The molecule has 1 N–H and O–H groups in total. The minimum absolute atomic E-state index is 0.228. The van der Waals surface area contributed by atoms with Gasteiger partial charge in [-0.3, -0.25) is 0 Å². The molecule has 0 aliphatic heterocycles. The monoisotopic (exact) mass is 256 g/mol. The fraction of sp³-hybridized carbons (Fsp3) is 0. The Morgan fingerprint density at radius 3 is 2.72 bits per heavy atom. The molecule has 0 saturated heterocycles. The topological polar surface area (TPSA) is 74.0 Å². The van der Waals surface area contributed by atoms with Crippen LogP contribution < -0.4 is 0 Å². The van der Waals surface area contributed by atoms with E-state index in [4.69, 9.17) is 10.4 Å². The van der Waals surface area contributed by atoms with Gasteiger partial charge in [0.05, 0.1) is 5.56 Å². The largest absolute Gasteiger partial charge is 0.478 e. The molecule has 0 radical (unpaired) electrons. The summed E-state index contributed by atoms with van der Waals surface area (Å²) in [5.41, 5.74) is 0.541. The van der Waals surface area contributed by atoms with Gasteiger partial charge in [0, 0.05) is 4.90 Å². The Kier molecular flexibility index (Phi) is 3.60. The lowest BCUT2D eigenvalue weighted by Gasteiger charge is -2.04. The number of carbonyl (C=O) groups is 1. The minimum atomic E-state index is -0.977. The van der Waals surface area contributed by atoms with Gasteiger partial charge in [0.15, 0.2) is 0 Å². The zero-order valence-corrected chi connectivity index (χ0v) is 10.0. The van der Waals surface area contributed by atoms with Gasteiger partial charge in [-0.25, -0.2) is 9.78 Å². The highest BCUT2D eigenvalue weighted by Gasteiger charge is 2.10. The maximum Gasteiger partial charge on any atom is 0.336 e. The summed E-state index contributed by atoms with van der Waals surface area (Å²) in [5, 5.41) is 18.4. The van der Waals surface area contributed by atoms with Gasteiger partial charge in [-0.05, 0) is 24.3 Å². The van der Waals surface area contributed by atoms with Crippen molar-refractivity contribution in [1.82, 2.24) is 4.98 Å². The standard InChI is InChI=1S/C13H8N2O2S/c14-8-9-4-3-7-12(15-9)18-11-6-2-1-5-10(11)13(16)17/h1-7H,(H,16,17). The third kappa shape index (κ3) is 2.67. The van der Waals surface area contributed by atoms with Crippen LogP contribution in [-0.4, -0.2) is 16.1 Å². The quantitative estimate of drug-likeness (QED) is 0.914. The first-order chi connectivity index (χ1) is 8.70. The van der Waals surface area contributed by atoms with E-state index in [1.165, 1.54) is 11.8 Å². The summed E-state index contributed by atoms with van der Waals surface area (Å²) in [4.78, 5) is 15.7. The number of hydrogen-bond acceptors (Lipinski definition) is 4. The van der Waals surface area contributed by atoms with E-state index in [1.54, 1.807) is 42.5 Å². The summed E-state index contributed by atoms with van der Waals surface area (Å²) >= 11 is 1.23. The van der Waals surface area contributed by atoms with Crippen molar-refractivity contribution < 1.29 is 9.90 Å². The highest BCUT2D eigenvalue weighted by molar-refractivity contribution is 7.99. The van der Waals surface area contributed by atoms with Gasteiger partial charge in [0.25, 0.3) is 0 Å². The van der Waals surface area contributed by atoms with E-state index < -0.39 is 5.97 Å². The number of nitrogens with zero attached hydrogens (tertiary/aromatic N) is 2. The summed E-state index contributed by atoms with van der Waals surface area (Å²) in [6, 6.07) is 13.7. The molecule has 1 heterocycles. The Morgan fingerprint density at radius 1 is 1.22 bits per heavy atom. The molecule has 0 amide bonds. The van der Waals surface area contributed by atoms with Crippen LogP contribution in [0.5, 0.6) is 0 Å². The summed E-state index contributed by atoms with van der Waals surface area (Å²) in [7, 11) is 0. The van der Waals surface area contributed by atoms with Gasteiger partial charge in [-0.1, -0.05) is 30.0 Å². The Balaban J connectivity index is 2.34. The predicted molar refractivity (Wildman–Crippen MR) is 66.5 cm³/mol. The molecular weight excluding hydrogens is 248 g/mol. The van der Waals surface area contributed by atoms with Gasteiger partial charge in [-0.15, -0.1) is 0 Å². The van der Waals surface area contributed by atoms with Crippen LogP contribution in [-0.2, 0) is 0 Å². The van der Waals surface area contributed by atoms with Crippen LogP contribution >= 0.6 is 11.8 Å². The van der Waals surface area contributed by atoms with E-state index in [0.717, 1.165) is 0 Å². The Labute approximate surface area is 108 Å². The van der Waals surface area contributed by atoms with E-state index in [2.05, 4.69) is 4.98 Å². The van der Waals surface area contributed by atoms with Crippen molar-refractivity contribution in [3.63, 3.8) is 0 Å². The van der Waals surface area contributed by atoms with Crippen LogP contribution in [0.2, 0.25) is 0 Å². The van der Waals surface area contributed by atoms with Gasteiger partial charge in [-0.2, -0.15) is 5.26 Å². The van der Waals surface area contributed by atoms with Crippen molar-refractivity contribution in [3.8, 4) is 6.07 Å². The molecule has 5 heteroatoms. The minimum Gasteiger partial charge on any atom is -0.478 e. The summed E-state index contributed by atoms with van der Waals surface area (Å²) in [6.07, 6.45) is 0. The van der Waals surface area contributed by atoms with Crippen LogP contribution in [0.3, 0.4) is 0 Å². The lowest BCUT2D eigenvalue weighted by molar-refractivity contribution is 0.0693. The zero-order chi connectivity index (χ0) is 13.0. The number of hydrogen-bond donors (Lipinski definition) is 1. The van der Waals surface area contributed by atoms with Crippen molar-refractivity contribution in [1.29, 1.82) is 5.26 Å². The molecule has 18 heavy (non-hydrogen) atoms. The fourth-order valence-electron chi connectivity index (χ4n) is 1.38. The fourth-order valence-corrected chi connectivity index (χ4v) is 2.31. The normalized spacial score (nSPS) is 9.72. The van der Waals surface area contributed by atoms with Crippen molar-refractivity contribution in [2.45, 2.75) is 9.92 Å². The Hall–Kier alpha value is -2.32. The van der Waals surface area contributed by atoms with Crippen molar-refractivity contribution in [3.05, 3.63) is 53.7 Å². The SMILES string of the molecule is N#Cc1cccc(Sc2ccccc2C(=O)O)n1. The summed E-state index contributed by atoms with van der Waals surface area (Å²) < 4.78 is 0. The number of carboxylic acids is 1. The molecule has 2 aromatic rings. The average molecular weight is 256 g/mol. The third-order valence-electron chi connectivity index (χ3n) is 2.17. The lowest BCUT2D eigenvalue weighted by atomic mass is 10.2. The number of aromatic carboxylic acids is 1. The van der Waals surface area contributed by atoms with E-state index in [1.807, 2.05) is 6.07 Å². The zero-order valence-electron chi connectivity index (χ0n) is 9.20. The number of aromatic nitrogens is 1. The molecular formula is C13H8N2O2S. The number of rotatable bonds is 3. The Morgan fingerprint density at radius 2 is 2.00 bits per heavy atom. The first-order valence-corrected chi connectivity index (χ1v) is 5.89. The first kappa shape index (κ1) is 12.1. The Bertz CT molecular complexity index is 635. The number of carboxylic acid groups (broad SMARTS) is 1. The van der Waals surface area contributed by atoms with Gasteiger partial charge >= 0.3 is 5.97 Å². The molecule has 0 aliphatic rings. The van der Waals surface area contributed by atoms with Gasteiger partial charge in [0.2, 0.25) is 0 Å². The van der Waals surface area contributed by atoms with Crippen LogP contribution in [0.25, 0.3) is 0 Å². The third-order valence-corrected chi connectivity index (χ3v) is 3.18. The molecule has 0 bridgehead atoms. The van der Waals surface area contributed by atoms with Crippen LogP contribution in [0, 0.1) is 11.3 Å². The van der Waals surface area contributed by atoms with Gasteiger partial charge < -0.3 is 5.11 Å². The lowest BCUT2D eigenvalue weighted by Crippen LogP contribution is -1.98. The molecule has 0 aliphatic carbocycles. The molecule has 0 fully saturated rings. The highest BCUT2D eigenvalue weighted by atomic mass is 32.2. The second-order valence-corrected chi connectivity index (χ2v) is 4.44. The van der Waals surface area contributed by atoms with Gasteiger partial charge in [0.1, 0.15) is 16.8 Å². The van der Waals surface area contributed by atoms with E-state index in [-0.39, 0.29) is 5.56 Å². The van der Waals surface area contributed by atoms with E-state index in [0.29, 0.717) is 15.6 Å². The number of benzene rings is 1. The molecule has 1 aromatic carbocycles. The maximum atomic E-state index is 11.0. The molecule has 0 saturated carbocycles. The highest BCUT2D eigenvalue weighted by Crippen LogP contribution is 2.29. The molecule has 4 nitrogen and oxygen atoms in total. The van der Waals surface area contributed by atoms with Crippen molar-refractivity contribution in [2.24, 2.45) is 0 Å². The average Bonchev–Trinajstić information content (AvgIpc) is 2.39. The van der Waals surface area contributed by atoms with Crippen LogP contribution in [0.1, 0.15) is 16.1 Å².